The summed E-state index contributed by atoms with van der Waals surface area (Å²) in [5, 5.41) is 0. The van der Waals surface area contributed by atoms with E-state index in [0.29, 0.717) is 17.6 Å². The molecule has 2 heterocycles. The van der Waals surface area contributed by atoms with Crippen LogP contribution in [0.25, 0.3) is 11.1 Å². The van der Waals surface area contributed by atoms with Crippen molar-refractivity contribution < 1.29 is 13.2 Å². The molecule has 0 radical (unpaired) electrons. The third-order valence-electron chi connectivity index (χ3n) is 5.79. The molecule has 5 rings (SSSR count). The smallest absolute Gasteiger partial charge is 0.323 e. The van der Waals surface area contributed by atoms with Crippen molar-refractivity contribution >= 4 is 16.8 Å². The van der Waals surface area contributed by atoms with Gasteiger partial charge in [0, 0.05) is 31.1 Å². The number of hydrogen-bond acceptors (Lipinski definition) is 3. The van der Waals surface area contributed by atoms with E-state index in [2.05, 4.69) is 4.98 Å². The van der Waals surface area contributed by atoms with Crippen molar-refractivity contribution in [2.45, 2.75) is 17.8 Å². The molecule has 0 spiro atoms. The molecule has 4 aromatic rings. The zero-order valence-electron chi connectivity index (χ0n) is 16.0. The molecule has 146 valence electrons. The van der Waals surface area contributed by atoms with Gasteiger partial charge in [-0.2, -0.15) is 8.78 Å². The zero-order chi connectivity index (χ0) is 20.1. The molecule has 29 heavy (non-hydrogen) atoms. The molecule has 0 bridgehead atoms. The summed E-state index contributed by atoms with van der Waals surface area (Å²) in [6.07, 6.45) is -0.418. The van der Waals surface area contributed by atoms with E-state index in [9.17, 15) is 0 Å². The molecular formula is C24H20F2N2O. The Morgan fingerprint density at radius 2 is 1.66 bits per heavy atom. The second kappa shape index (κ2) is 6.41. The van der Waals surface area contributed by atoms with Crippen LogP contribution in [0.5, 0.6) is 0 Å². The molecule has 0 fully saturated rings. The van der Waals surface area contributed by atoms with E-state index in [1.807, 2.05) is 66.5 Å². The SMILES string of the molecule is CN1CC(CC(F)(F)c2nc3ccccc3o2)(c2ccccc2)c2ccccc21. The van der Waals surface area contributed by atoms with E-state index in [-0.39, 0.29) is 0 Å². The van der Waals surface area contributed by atoms with Crippen LogP contribution in [0.15, 0.2) is 83.3 Å². The maximum Gasteiger partial charge on any atom is 0.323 e. The summed E-state index contributed by atoms with van der Waals surface area (Å²) >= 11 is 0. The number of benzene rings is 3. The predicted octanol–water partition coefficient (Wildman–Crippen LogP) is 5.75. The highest BCUT2D eigenvalue weighted by Crippen LogP contribution is 2.52. The van der Waals surface area contributed by atoms with Gasteiger partial charge in [0.1, 0.15) is 5.52 Å². The minimum atomic E-state index is -3.23. The third kappa shape index (κ3) is 2.80. The number of nitrogens with zero attached hydrogens (tertiary/aromatic N) is 2. The van der Waals surface area contributed by atoms with Crippen LogP contribution < -0.4 is 4.90 Å². The van der Waals surface area contributed by atoms with Crippen molar-refractivity contribution in [1.82, 2.24) is 4.98 Å². The van der Waals surface area contributed by atoms with Crippen LogP contribution in [0.4, 0.5) is 14.5 Å². The number of halogens is 2. The minimum absolute atomic E-state index is 0.375. The number of alkyl halides is 2. The second-order valence-corrected chi connectivity index (χ2v) is 7.69. The van der Waals surface area contributed by atoms with Gasteiger partial charge in [0.05, 0.1) is 0 Å². The lowest BCUT2D eigenvalue weighted by Crippen LogP contribution is -2.38. The first-order valence-corrected chi connectivity index (χ1v) is 9.60. The Balaban J connectivity index is 1.65. The van der Waals surface area contributed by atoms with Crippen molar-refractivity contribution in [1.29, 1.82) is 0 Å². The normalized spacial score (nSPS) is 18.9. The fraction of sp³-hybridized carbons (Fsp3) is 0.208. The number of oxazole rings is 1. The van der Waals surface area contributed by atoms with Gasteiger partial charge in [-0.15, -0.1) is 0 Å². The topological polar surface area (TPSA) is 29.3 Å². The Kier molecular flexibility index (Phi) is 3.95. The first kappa shape index (κ1) is 17.9. The van der Waals surface area contributed by atoms with Crippen molar-refractivity contribution in [2.24, 2.45) is 0 Å². The van der Waals surface area contributed by atoms with Gasteiger partial charge in [-0.3, -0.25) is 0 Å². The van der Waals surface area contributed by atoms with E-state index >= 15 is 8.78 Å². The minimum Gasteiger partial charge on any atom is -0.435 e. The lowest BCUT2D eigenvalue weighted by molar-refractivity contribution is -0.0518. The molecule has 3 nitrogen and oxygen atoms in total. The molecule has 3 aromatic carbocycles. The number of anilines is 1. The van der Waals surface area contributed by atoms with Gasteiger partial charge in [-0.1, -0.05) is 60.7 Å². The first-order valence-electron chi connectivity index (χ1n) is 9.60. The monoisotopic (exact) mass is 390 g/mol. The van der Waals surface area contributed by atoms with Crippen LogP contribution in [-0.4, -0.2) is 18.6 Å². The molecule has 5 heteroatoms. The quantitative estimate of drug-likeness (QED) is 0.445. The Bertz CT molecular complexity index is 1140. The van der Waals surface area contributed by atoms with E-state index < -0.39 is 23.6 Å². The summed E-state index contributed by atoms with van der Waals surface area (Å²) in [6, 6.07) is 24.2. The summed E-state index contributed by atoms with van der Waals surface area (Å²) in [5.41, 5.74) is 2.71. The Morgan fingerprint density at radius 3 is 2.45 bits per heavy atom. The van der Waals surface area contributed by atoms with E-state index in [0.717, 1.165) is 16.8 Å². The maximum absolute atomic E-state index is 15.6. The zero-order valence-corrected chi connectivity index (χ0v) is 16.0. The number of likely N-dealkylation sites (N-methyl/N-ethyl adjacent to an activating group) is 1. The number of aromatic nitrogens is 1. The summed E-state index contributed by atoms with van der Waals surface area (Å²) in [4.78, 5) is 6.14. The second-order valence-electron chi connectivity index (χ2n) is 7.69. The molecule has 0 N–H and O–H groups in total. The van der Waals surface area contributed by atoms with Crippen molar-refractivity contribution in [3.63, 3.8) is 0 Å². The summed E-state index contributed by atoms with van der Waals surface area (Å²) in [5.74, 6) is -3.76. The van der Waals surface area contributed by atoms with Gasteiger partial charge in [-0.05, 0) is 29.3 Å². The molecular weight excluding hydrogens is 370 g/mol. The largest absolute Gasteiger partial charge is 0.435 e. The summed E-state index contributed by atoms with van der Waals surface area (Å²) in [7, 11) is 1.95. The number of fused-ring (bicyclic) bond motifs is 2. The average Bonchev–Trinajstić information content (AvgIpc) is 3.30. The highest BCUT2D eigenvalue weighted by molar-refractivity contribution is 5.72. The van der Waals surface area contributed by atoms with Crippen LogP contribution in [-0.2, 0) is 11.3 Å². The molecule has 1 aliphatic heterocycles. The lowest BCUT2D eigenvalue weighted by atomic mass is 9.72. The highest BCUT2D eigenvalue weighted by Gasteiger charge is 2.52. The molecule has 1 aliphatic rings. The average molecular weight is 390 g/mol. The molecule has 1 unspecified atom stereocenters. The van der Waals surface area contributed by atoms with E-state index in [1.165, 1.54) is 0 Å². The molecule has 0 saturated carbocycles. The number of para-hydroxylation sites is 3. The van der Waals surface area contributed by atoms with Crippen LogP contribution >= 0.6 is 0 Å². The van der Waals surface area contributed by atoms with Gasteiger partial charge in [0.25, 0.3) is 5.89 Å². The van der Waals surface area contributed by atoms with Crippen molar-refractivity contribution in [3.05, 3.63) is 95.9 Å². The van der Waals surface area contributed by atoms with Gasteiger partial charge in [0.15, 0.2) is 5.58 Å². The van der Waals surface area contributed by atoms with Crippen molar-refractivity contribution in [2.75, 3.05) is 18.5 Å². The predicted molar refractivity (Wildman–Crippen MR) is 109 cm³/mol. The molecule has 0 amide bonds. The van der Waals surface area contributed by atoms with Crippen LogP contribution in [0.1, 0.15) is 23.4 Å². The Hall–Kier alpha value is -3.21. The number of hydrogen-bond donors (Lipinski definition) is 0. The maximum atomic E-state index is 15.6. The van der Waals surface area contributed by atoms with E-state index in [4.69, 9.17) is 4.42 Å². The number of rotatable bonds is 4. The molecule has 0 aliphatic carbocycles. The summed E-state index contributed by atoms with van der Waals surface area (Å²) in [6.45, 7) is 0.464. The Morgan fingerprint density at radius 1 is 0.966 bits per heavy atom. The summed E-state index contributed by atoms with van der Waals surface area (Å²) < 4.78 is 36.7. The standard InChI is InChI=1S/C24H20F2N2O/c1-28-16-23(17-9-3-2-4-10-17,18-11-5-7-13-20(18)28)15-24(25,26)22-27-19-12-6-8-14-21(19)29-22/h2-14H,15-16H2,1H3. The van der Waals surface area contributed by atoms with Crippen LogP contribution in [0.2, 0.25) is 0 Å². The highest BCUT2D eigenvalue weighted by atomic mass is 19.3. The fourth-order valence-corrected chi connectivity index (χ4v) is 4.53. The van der Waals surface area contributed by atoms with Gasteiger partial charge in [-0.25, -0.2) is 4.98 Å². The Labute approximate surface area is 167 Å². The van der Waals surface area contributed by atoms with Gasteiger partial charge < -0.3 is 9.32 Å². The molecule has 1 aromatic heterocycles. The van der Waals surface area contributed by atoms with Crippen LogP contribution in [0.3, 0.4) is 0 Å². The third-order valence-corrected chi connectivity index (χ3v) is 5.79. The van der Waals surface area contributed by atoms with E-state index in [1.54, 1.807) is 24.3 Å². The van der Waals surface area contributed by atoms with Crippen LogP contribution in [0, 0.1) is 0 Å². The molecule has 0 saturated heterocycles. The first-order chi connectivity index (χ1) is 14.0. The van der Waals surface area contributed by atoms with Gasteiger partial charge in [0.2, 0.25) is 0 Å². The van der Waals surface area contributed by atoms with Crippen molar-refractivity contribution in [3.8, 4) is 0 Å². The lowest BCUT2D eigenvalue weighted by Gasteiger charge is -2.33. The van der Waals surface area contributed by atoms with Gasteiger partial charge >= 0.3 is 5.92 Å². The molecule has 1 atom stereocenters. The fourth-order valence-electron chi connectivity index (χ4n) is 4.53.